The van der Waals surface area contributed by atoms with Gasteiger partial charge in [-0.15, -0.1) is 0 Å². The zero-order valence-electron chi connectivity index (χ0n) is 20.9. The van der Waals surface area contributed by atoms with Gasteiger partial charge in [0, 0.05) is 26.5 Å². The van der Waals surface area contributed by atoms with E-state index in [1.807, 2.05) is 0 Å². The molecule has 4 atom stereocenters. The molecule has 0 radical (unpaired) electrons. The highest BCUT2D eigenvalue weighted by Gasteiger charge is 2.45. The summed E-state index contributed by atoms with van der Waals surface area (Å²) >= 11 is 12.5. The first-order chi connectivity index (χ1) is 18.0. The van der Waals surface area contributed by atoms with Crippen LogP contribution in [0.25, 0.3) is 0 Å². The average Bonchev–Trinajstić information content (AvgIpc) is 2.82. The van der Waals surface area contributed by atoms with Crippen LogP contribution in [0.5, 0.6) is 0 Å². The Morgan fingerprint density at radius 2 is 1.55 bits per heavy atom. The second-order valence-corrected chi connectivity index (χ2v) is 9.22. The van der Waals surface area contributed by atoms with Gasteiger partial charge in [-0.25, -0.2) is 0 Å². The second-order valence-electron chi connectivity index (χ2n) is 8.41. The number of carbonyl (C=O) groups excluding carboxylic acids is 4. The van der Waals surface area contributed by atoms with Crippen LogP contribution in [-0.2, 0) is 49.3 Å². The molecule has 0 saturated carbocycles. The minimum atomic E-state index is -1.17. The molecule has 1 saturated heterocycles. The molecule has 0 spiro atoms. The largest absolute Gasteiger partial charge is 0.463 e. The van der Waals surface area contributed by atoms with Crippen LogP contribution in [0.2, 0.25) is 10.0 Å². The lowest BCUT2D eigenvalue weighted by Gasteiger charge is -2.39. The van der Waals surface area contributed by atoms with E-state index in [1.54, 1.807) is 42.5 Å². The Morgan fingerprint density at radius 1 is 0.895 bits per heavy atom. The van der Waals surface area contributed by atoms with Gasteiger partial charge in [0.15, 0.2) is 6.10 Å². The highest BCUT2D eigenvalue weighted by atomic mass is 35.5. The van der Waals surface area contributed by atoms with Gasteiger partial charge >= 0.3 is 23.9 Å². The quantitative estimate of drug-likeness (QED) is 0.344. The van der Waals surface area contributed by atoms with Gasteiger partial charge in [-0.3, -0.25) is 19.2 Å². The maximum Gasteiger partial charge on any atom is 0.312 e. The van der Waals surface area contributed by atoms with Crippen molar-refractivity contribution in [2.45, 2.75) is 58.2 Å². The van der Waals surface area contributed by atoms with Gasteiger partial charge in [0.1, 0.15) is 18.8 Å². The molecule has 1 aliphatic heterocycles. The van der Waals surface area contributed by atoms with Crippen molar-refractivity contribution in [1.82, 2.24) is 0 Å². The molecule has 0 unspecified atom stereocenters. The van der Waals surface area contributed by atoms with Gasteiger partial charge < -0.3 is 29.0 Å². The Balaban J connectivity index is 1.75. The lowest BCUT2D eigenvalue weighted by Crippen LogP contribution is -2.54. The number of anilines is 2. The maximum absolute atomic E-state index is 12.9. The third kappa shape index (κ3) is 8.34. The first kappa shape index (κ1) is 29.2. The number of hydrogen-bond acceptors (Lipinski definition) is 10. The van der Waals surface area contributed by atoms with Crippen molar-refractivity contribution in [3.63, 3.8) is 0 Å². The Morgan fingerprint density at radius 3 is 2.18 bits per heavy atom. The van der Waals surface area contributed by atoms with E-state index in [0.717, 1.165) is 0 Å². The van der Waals surface area contributed by atoms with E-state index in [2.05, 4.69) is 5.32 Å². The molecule has 1 fully saturated rings. The maximum atomic E-state index is 12.9. The molecule has 0 aliphatic carbocycles. The molecule has 12 heteroatoms. The van der Waals surface area contributed by atoms with E-state index in [9.17, 15) is 19.2 Å². The lowest BCUT2D eigenvalue weighted by molar-refractivity contribution is -0.260. The van der Waals surface area contributed by atoms with E-state index < -0.39 is 48.5 Å². The number of rotatable bonds is 9. The fourth-order valence-corrected chi connectivity index (χ4v) is 4.36. The van der Waals surface area contributed by atoms with Crippen LogP contribution < -0.4 is 5.32 Å². The number of benzene rings is 2. The minimum Gasteiger partial charge on any atom is -0.463 e. The lowest BCUT2D eigenvalue weighted by atomic mass is 10.0. The van der Waals surface area contributed by atoms with Crippen LogP contribution >= 0.6 is 23.2 Å². The van der Waals surface area contributed by atoms with Gasteiger partial charge in [-0.2, -0.15) is 0 Å². The monoisotopic (exact) mass is 567 g/mol. The predicted octanol–water partition coefficient (Wildman–Crippen LogP) is 4.36. The van der Waals surface area contributed by atoms with Crippen LogP contribution in [0.1, 0.15) is 32.8 Å². The summed E-state index contributed by atoms with van der Waals surface area (Å²) in [6.07, 6.45) is -4.54. The van der Waals surface area contributed by atoms with E-state index in [-0.39, 0.29) is 19.4 Å². The van der Waals surface area contributed by atoms with Crippen molar-refractivity contribution in [2.24, 2.45) is 0 Å². The summed E-state index contributed by atoms with van der Waals surface area (Å²) in [6, 6.07) is 12.1. The molecule has 1 heterocycles. The van der Waals surface area contributed by atoms with Gasteiger partial charge in [-0.1, -0.05) is 47.5 Å². The van der Waals surface area contributed by atoms with Crippen LogP contribution in [0.3, 0.4) is 0 Å². The highest BCUT2D eigenvalue weighted by molar-refractivity contribution is 6.39. The minimum absolute atomic E-state index is 0.102. The number of para-hydroxylation sites is 2. The molecular weight excluding hydrogens is 541 g/mol. The zero-order valence-corrected chi connectivity index (χ0v) is 22.4. The first-order valence-corrected chi connectivity index (χ1v) is 12.4. The van der Waals surface area contributed by atoms with Crippen molar-refractivity contribution in [3.8, 4) is 0 Å². The third-order valence-corrected chi connectivity index (χ3v) is 6.02. The van der Waals surface area contributed by atoms with Crippen LogP contribution in [-0.4, -0.2) is 55.1 Å². The summed E-state index contributed by atoms with van der Waals surface area (Å²) in [5, 5.41) is 3.96. The second kappa shape index (κ2) is 13.5. The molecule has 10 nitrogen and oxygen atoms in total. The molecule has 3 rings (SSSR count). The summed E-state index contributed by atoms with van der Waals surface area (Å²) in [5.74, 6) is -2.53. The molecule has 0 amide bonds. The molecule has 1 N–H and O–H groups in total. The Bertz CT molecular complexity index is 1170. The summed E-state index contributed by atoms with van der Waals surface area (Å²) in [4.78, 5) is 47.6. The number of ether oxygens (including phenoxy) is 5. The summed E-state index contributed by atoms with van der Waals surface area (Å²) < 4.78 is 27.0. The Kier molecular flexibility index (Phi) is 10.3. The van der Waals surface area contributed by atoms with Crippen molar-refractivity contribution in [2.75, 3.05) is 11.9 Å². The van der Waals surface area contributed by atoms with E-state index in [4.69, 9.17) is 46.9 Å². The fraction of sp³-hybridized carbons (Fsp3) is 0.385. The standard InChI is InChI=1S/C26H27Cl2NO9/c1-14(30)34-13-22-26(36-16(3)32)21(35-15(2)31)12-24(37-22)38-23(33)11-17-7-4-5-10-20(17)29-25-18(27)8-6-9-19(25)28/h4-10,21-22,24,26,29H,11-13H2,1-3H3/t21-,22-,24+,26-/m1/s1. The van der Waals surface area contributed by atoms with Crippen molar-refractivity contribution in [1.29, 1.82) is 0 Å². The molecule has 2 aromatic rings. The van der Waals surface area contributed by atoms with E-state index in [0.29, 0.717) is 27.0 Å². The van der Waals surface area contributed by atoms with Crippen LogP contribution in [0, 0.1) is 0 Å². The SMILES string of the molecule is CC(=O)OC[C@H]1O[C@@H](OC(=O)Cc2ccccc2Nc2c(Cl)cccc2Cl)C[C@@H](OC(C)=O)[C@H]1OC(C)=O. The molecule has 0 bridgehead atoms. The zero-order chi connectivity index (χ0) is 27.8. The molecule has 0 aromatic heterocycles. The van der Waals surface area contributed by atoms with Gasteiger partial charge in [0.25, 0.3) is 0 Å². The normalized spacial score (nSPS) is 20.7. The topological polar surface area (TPSA) is 126 Å². The van der Waals surface area contributed by atoms with Crippen molar-refractivity contribution >= 4 is 58.5 Å². The Hall–Kier alpha value is -3.34. The smallest absolute Gasteiger partial charge is 0.312 e. The summed E-state index contributed by atoms with van der Waals surface area (Å²) in [5.41, 5.74) is 1.67. The summed E-state index contributed by atoms with van der Waals surface area (Å²) in [6.45, 7) is 3.26. The van der Waals surface area contributed by atoms with Gasteiger partial charge in [-0.05, 0) is 23.8 Å². The fourth-order valence-electron chi connectivity index (χ4n) is 3.86. The van der Waals surface area contributed by atoms with Gasteiger partial charge in [0.2, 0.25) is 6.29 Å². The van der Waals surface area contributed by atoms with Gasteiger partial charge in [0.05, 0.1) is 28.6 Å². The third-order valence-electron chi connectivity index (χ3n) is 5.39. The first-order valence-electron chi connectivity index (χ1n) is 11.6. The average molecular weight is 568 g/mol. The van der Waals surface area contributed by atoms with Crippen molar-refractivity contribution < 1.29 is 42.9 Å². The predicted molar refractivity (Wildman–Crippen MR) is 137 cm³/mol. The number of hydrogen-bond donors (Lipinski definition) is 1. The van der Waals surface area contributed by atoms with Crippen LogP contribution in [0.4, 0.5) is 11.4 Å². The number of nitrogens with one attached hydrogen (secondary N) is 1. The molecular formula is C26H27Cl2NO9. The van der Waals surface area contributed by atoms with E-state index in [1.165, 1.54) is 20.8 Å². The number of esters is 4. The highest BCUT2D eigenvalue weighted by Crippen LogP contribution is 2.34. The number of carbonyl (C=O) groups is 4. The Labute approximate surface area is 229 Å². The molecule has 1 aliphatic rings. The van der Waals surface area contributed by atoms with E-state index >= 15 is 0 Å². The molecule has 38 heavy (non-hydrogen) atoms. The summed E-state index contributed by atoms with van der Waals surface area (Å²) in [7, 11) is 0. The van der Waals surface area contributed by atoms with Crippen molar-refractivity contribution in [3.05, 3.63) is 58.1 Å². The van der Waals surface area contributed by atoms with Crippen LogP contribution in [0.15, 0.2) is 42.5 Å². The number of halogens is 2. The molecule has 204 valence electrons. The molecule has 2 aromatic carbocycles.